The summed E-state index contributed by atoms with van der Waals surface area (Å²) in [5.74, 6) is 1.21. The number of hydrogen-bond donors (Lipinski definition) is 0. The van der Waals surface area contributed by atoms with Crippen LogP contribution >= 0.6 is 11.6 Å². The van der Waals surface area contributed by atoms with Crippen molar-refractivity contribution in [1.29, 1.82) is 0 Å². The molecule has 1 saturated heterocycles. The maximum Gasteiger partial charge on any atom is 0.199 e. The monoisotopic (exact) mass is 326 g/mol. The predicted octanol–water partition coefficient (Wildman–Crippen LogP) is 4.78. The van der Waals surface area contributed by atoms with Crippen LogP contribution in [0.15, 0.2) is 46.9 Å². The Bertz CT molecular complexity index is 842. The lowest BCUT2D eigenvalue weighted by molar-refractivity contribution is 0.320. The minimum absolute atomic E-state index is 0.366. The molecule has 1 aliphatic rings. The van der Waals surface area contributed by atoms with E-state index in [4.69, 9.17) is 16.0 Å². The van der Waals surface area contributed by atoms with Crippen molar-refractivity contribution in [3.63, 3.8) is 0 Å². The summed E-state index contributed by atoms with van der Waals surface area (Å²) in [4.78, 5) is 7.12. The molecule has 2 heterocycles. The van der Waals surface area contributed by atoms with Gasteiger partial charge in [-0.25, -0.2) is 4.98 Å². The van der Waals surface area contributed by atoms with E-state index >= 15 is 0 Å². The number of nitrogens with zero attached hydrogens (tertiary/aromatic N) is 2. The van der Waals surface area contributed by atoms with Crippen LogP contribution in [-0.2, 0) is 6.54 Å². The third-order valence-corrected chi connectivity index (χ3v) is 4.88. The van der Waals surface area contributed by atoms with Gasteiger partial charge in [-0.15, -0.1) is 0 Å². The van der Waals surface area contributed by atoms with Gasteiger partial charge in [0, 0.05) is 24.0 Å². The van der Waals surface area contributed by atoms with E-state index < -0.39 is 0 Å². The zero-order chi connectivity index (χ0) is 15.8. The lowest BCUT2D eigenvalue weighted by Gasteiger charge is -2.16. The molecule has 0 bridgehead atoms. The van der Waals surface area contributed by atoms with Crippen LogP contribution in [0.5, 0.6) is 0 Å². The van der Waals surface area contributed by atoms with E-state index in [1.807, 2.05) is 18.2 Å². The average molecular weight is 327 g/mol. The van der Waals surface area contributed by atoms with Crippen LogP contribution in [0.4, 0.5) is 0 Å². The molecule has 4 rings (SSSR count). The third kappa shape index (κ3) is 2.99. The highest BCUT2D eigenvalue weighted by molar-refractivity contribution is 6.31. The van der Waals surface area contributed by atoms with E-state index in [-0.39, 0.29) is 0 Å². The first kappa shape index (κ1) is 14.7. The van der Waals surface area contributed by atoms with Crippen molar-refractivity contribution in [2.45, 2.75) is 25.8 Å². The topological polar surface area (TPSA) is 29.3 Å². The van der Waals surface area contributed by atoms with Gasteiger partial charge in [-0.05, 0) is 49.2 Å². The molecule has 118 valence electrons. The first-order chi connectivity index (χ1) is 11.2. The molecule has 0 aliphatic carbocycles. The summed E-state index contributed by atoms with van der Waals surface area (Å²) in [5, 5.41) is 0.699. The lowest BCUT2D eigenvalue weighted by atomic mass is 10.1. The molecule has 0 unspecified atom stereocenters. The van der Waals surface area contributed by atoms with E-state index in [1.54, 1.807) is 0 Å². The summed E-state index contributed by atoms with van der Waals surface area (Å²) in [7, 11) is 0. The molecule has 0 spiro atoms. The summed E-state index contributed by atoms with van der Waals surface area (Å²) >= 11 is 6.03. The number of fused-ring (bicyclic) bond motifs is 1. The Labute approximate surface area is 140 Å². The van der Waals surface area contributed by atoms with Gasteiger partial charge in [0.1, 0.15) is 5.52 Å². The van der Waals surface area contributed by atoms with Gasteiger partial charge in [-0.1, -0.05) is 35.9 Å². The Morgan fingerprint density at radius 3 is 3.00 bits per heavy atom. The number of rotatable bonds is 3. The Hall–Kier alpha value is -1.84. The van der Waals surface area contributed by atoms with Gasteiger partial charge in [0.2, 0.25) is 0 Å². The summed E-state index contributed by atoms with van der Waals surface area (Å²) < 4.78 is 5.93. The van der Waals surface area contributed by atoms with Crippen molar-refractivity contribution in [2.75, 3.05) is 13.1 Å². The smallest absolute Gasteiger partial charge is 0.199 e. The molecule has 4 heteroatoms. The zero-order valence-electron chi connectivity index (χ0n) is 13.1. The number of aromatic nitrogens is 1. The summed E-state index contributed by atoms with van der Waals surface area (Å²) in [6.07, 6.45) is 1.09. The number of hydrogen-bond acceptors (Lipinski definition) is 3. The Kier molecular flexibility index (Phi) is 3.83. The van der Waals surface area contributed by atoms with E-state index in [2.05, 4.69) is 41.1 Å². The molecule has 3 aromatic rings. The van der Waals surface area contributed by atoms with Gasteiger partial charge in [-0.3, -0.25) is 4.90 Å². The van der Waals surface area contributed by atoms with Gasteiger partial charge in [-0.2, -0.15) is 0 Å². The van der Waals surface area contributed by atoms with Gasteiger partial charge in [0.25, 0.3) is 0 Å². The molecule has 1 aliphatic heterocycles. The molecule has 1 aromatic heterocycles. The molecule has 1 atom stereocenters. The van der Waals surface area contributed by atoms with Gasteiger partial charge in [0.05, 0.1) is 0 Å². The molecule has 2 aromatic carbocycles. The molecule has 0 saturated carbocycles. The minimum Gasteiger partial charge on any atom is -0.440 e. The average Bonchev–Trinajstić information content (AvgIpc) is 3.15. The molecule has 0 amide bonds. The number of halogens is 1. The SMILES string of the molecule is Cc1ccccc1CN1CC[C@H](c2nc3cc(Cl)ccc3o2)C1. The fraction of sp³-hybridized carbons (Fsp3) is 0.316. The van der Waals surface area contributed by atoms with Crippen molar-refractivity contribution in [2.24, 2.45) is 0 Å². The third-order valence-electron chi connectivity index (χ3n) is 4.64. The normalized spacial score (nSPS) is 18.8. The Balaban J connectivity index is 1.50. The van der Waals surface area contributed by atoms with Crippen LogP contribution < -0.4 is 0 Å². The van der Waals surface area contributed by atoms with Gasteiger partial charge < -0.3 is 4.42 Å². The van der Waals surface area contributed by atoms with Crippen molar-refractivity contribution >= 4 is 22.7 Å². The van der Waals surface area contributed by atoms with Crippen molar-refractivity contribution in [1.82, 2.24) is 9.88 Å². The van der Waals surface area contributed by atoms with Crippen LogP contribution in [0.1, 0.15) is 29.4 Å². The van der Waals surface area contributed by atoms with Crippen molar-refractivity contribution < 1.29 is 4.42 Å². The molecular formula is C19H19ClN2O. The lowest BCUT2D eigenvalue weighted by Crippen LogP contribution is -2.20. The number of likely N-dealkylation sites (tertiary alicyclic amines) is 1. The summed E-state index contributed by atoms with van der Waals surface area (Å²) in [5.41, 5.74) is 4.43. The summed E-state index contributed by atoms with van der Waals surface area (Å²) in [6.45, 7) is 5.25. The molecule has 3 nitrogen and oxygen atoms in total. The van der Waals surface area contributed by atoms with E-state index in [9.17, 15) is 0 Å². The summed E-state index contributed by atoms with van der Waals surface area (Å²) in [6, 6.07) is 14.2. The maximum absolute atomic E-state index is 6.03. The number of benzene rings is 2. The van der Waals surface area contributed by atoms with Crippen LogP contribution in [0, 0.1) is 6.92 Å². The molecule has 0 N–H and O–H groups in total. The highest BCUT2D eigenvalue weighted by atomic mass is 35.5. The first-order valence-electron chi connectivity index (χ1n) is 8.02. The highest BCUT2D eigenvalue weighted by Crippen LogP contribution is 2.31. The van der Waals surface area contributed by atoms with Crippen molar-refractivity contribution in [3.8, 4) is 0 Å². The zero-order valence-corrected chi connectivity index (χ0v) is 13.9. The standard InChI is InChI=1S/C19H19ClN2O/c1-13-4-2-3-5-14(13)11-22-9-8-15(12-22)19-21-17-10-16(20)6-7-18(17)23-19/h2-7,10,15H,8-9,11-12H2,1H3/t15-/m0/s1. The predicted molar refractivity (Wildman–Crippen MR) is 92.8 cm³/mol. The van der Waals surface area contributed by atoms with Gasteiger partial charge >= 0.3 is 0 Å². The van der Waals surface area contributed by atoms with Crippen LogP contribution in [0.2, 0.25) is 5.02 Å². The van der Waals surface area contributed by atoms with Crippen LogP contribution in [0.3, 0.4) is 0 Å². The maximum atomic E-state index is 6.03. The minimum atomic E-state index is 0.366. The van der Waals surface area contributed by atoms with Crippen molar-refractivity contribution in [3.05, 3.63) is 64.5 Å². The fourth-order valence-electron chi connectivity index (χ4n) is 3.30. The van der Waals surface area contributed by atoms with Gasteiger partial charge in [0.15, 0.2) is 11.5 Å². The van der Waals surface area contributed by atoms with E-state index in [1.165, 1.54) is 11.1 Å². The first-order valence-corrected chi connectivity index (χ1v) is 8.40. The second-order valence-corrected chi connectivity index (χ2v) is 6.75. The van der Waals surface area contributed by atoms with Crippen LogP contribution in [0.25, 0.3) is 11.1 Å². The highest BCUT2D eigenvalue weighted by Gasteiger charge is 2.28. The molecule has 23 heavy (non-hydrogen) atoms. The molecule has 1 fully saturated rings. The molecular weight excluding hydrogens is 308 g/mol. The van der Waals surface area contributed by atoms with E-state index in [0.29, 0.717) is 10.9 Å². The second kappa shape index (κ2) is 5.99. The Morgan fingerprint density at radius 1 is 1.26 bits per heavy atom. The number of aryl methyl sites for hydroxylation is 1. The Morgan fingerprint density at radius 2 is 2.13 bits per heavy atom. The van der Waals surface area contributed by atoms with E-state index in [0.717, 1.165) is 43.0 Å². The fourth-order valence-corrected chi connectivity index (χ4v) is 3.47. The second-order valence-electron chi connectivity index (χ2n) is 6.31. The largest absolute Gasteiger partial charge is 0.440 e. The molecule has 0 radical (unpaired) electrons. The quantitative estimate of drug-likeness (QED) is 0.693. The van der Waals surface area contributed by atoms with Crippen LogP contribution in [-0.4, -0.2) is 23.0 Å². The number of oxazole rings is 1.